The molecule has 3 rings (SSSR count). The number of nitrogens with zero attached hydrogens (tertiary/aromatic N) is 2. The summed E-state index contributed by atoms with van der Waals surface area (Å²) in [6, 6.07) is 12.1. The van der Waals surface area contributed by atoms with Gasteiger partial charge in [0.05, 0.1) is 5.52 Å². The van der Waals surface area contributed by atoms with E-state index in [0.29, 0.717) is 5.52 Å². The van der Waals surface area contributed by atoms with Crippen molar-refractivity contribution in [3.8, 4) is 0 Å². The number of anilines is 1. The van der Waals surface area contributed by atoms with E-state index in [2.05, 4.69) is 21.3 Å². The molecule has 0 aliphatic heterocycles. The lowest BCUT2D eigenvalue weighted by Gasteiger charge is -2.08. The van der Waals surface area contributed by atoms with Crippen LogP contribution in [0.25, 0.3) is 17.0 Å². The van der Waals surface area contributed by atoms with Crippen LogP contribution >= 0.6 is 0 Å². The summed E-state index contributed by atoms with van der Waals surface area (Å²) in [5, 5.41) is 0.918. The summed E-state index contributed by atoms with van der Waals surface area (Å²) in [7, 11) is -3.69. The van der Waals surface area contributed by atoms with Gasteiger partial charge < -0.3 is 0 Å². The smallest absolute Gasteiger partial charge is 0.263 e. The second-order valence-corrected chi connectivity index (χ2v) is 6.29. The third kappa shape index (κ3) is 2.68. The minimum atomic E-state index is -3.69. The summed E-state index contributed by atoms with van der Waals surface area (Å²) in [6.07, 6.45) is 4.55. The highest BCUT2D eigenvalue weighted by molar-refractivity contribution is 7.92. The zero-order valence-electron chi connectivity index (χ0n) is 11.6. The van der Waals surface area contributed by atoms with E-state index < -0.39 is 10.0 Å². The number of rotatable bonds is 4. The van der Waals surface area contributed by atoms with Crippen molar-refractivity contribution in [2.24, 2.45) is 0 Å². The highest BCUT2D eigenvalue weighted by atomic mass is 32.2. The van der Waals surface area contributed by atoms with Gasteiger partial charge in [-0.25, -0.2) is 13.4 Å². The summed E-state index contributed by atoms with van der Waals surface area (Å²) in [5.74, 6) is 0.262. The lowest BCUT2D eigenvalue weighted by molar-refractivity contribution is 0.600. The van der Waals surface area contributed by atoms with Crippen molar-refractivity contribution in [3.05, 3.63) is 67.0 Å². The van der Waals surface area contributed by atoms with Crippen molar-refractivity contribution >= 4 is 32.8 Å². The summed E-state index contributed by atoms with van der Waals surface area (Å²) in [5.41, 5.74) is 1.65. The molecule has 0 spiro atoms. The molecule has 1 N–H and O–H groups in total. The molecule has 110 valence electrons. The first kappa shape index (κ1) is 14.2. The van der Waals surface area contributed by atoms with Gasteiger partial charge in [-0.05, 0) is 35.9 Å². The van der Waals surface area contributed by atoms with Crippen LogP contribution in [0.15, 0.2) is 66.3 Å². The Morgan fingerprint density at radius 1 is 1.09 bits per heavy atom. The Hall–Kier alpha value is -2.73. The van der Waals surface area contributed by atoms with Crippen LogP contribution in [0, 0.1) is 0 Å². The fourth-order valence-electron chi connectivity index (χ4n) is 2.12. The third-order valence-electron chi connectivity index (χ3n) is 3.17. The van der Waals surface area contributed by atoms with Crippen LogP contribution in [0.4, 0.5) is 5.82 Å². The molecule has 22 heavy (non-hydrogen) atoms. The van der Waals surface area contributed by atoms with Crippen LogP contribution in [-0.2, 0) is 10.0 Å². The van der Waals surface area contributed by atoms with Crippen molar-refractivity contribution < 1.29 is 8.42 Å². The molecular weight excluding hydrogens is 298 g/mol. The monoisotopic (exact) mass is 311 g/mol. The topological polar surface area (TPSA) is 72.0 Å². The molecular formula is C16H13N3O2S. The zero-order valence-corrected chi connectivity index (χ0v) is 12.4. The molecule has 0 aliphatic rings. The lowest BCUT2D eigenvalue weighted by atomic mass is 10.1. The molecule has 0 radical (unpaired) electrons. The van der Waals surface area contributed by atoms with E-state index in [4.69, 9.17) is 0 Å². The number of sulfonamides is 1. The van der Waals surface area contributed by atoms with Gasteiger partial charge in [0.2, 0.25) is 0 Å². The maximum Gasteiger partial charge on any atom is 0.264 e. The predicted molar refractivity (Wildman–Crippen MR) is 86.9 cm³/mol. The standard InChI is InChI=1S/C16H13N3O2S/c1-2-12-5-3-7-15-14(12)8-9-16(18-15)19-22(20,21)13-6-4-10-17-11-13/h2-11H,1H2,(H,18,19). The second-order valence-electron chi connectivity index (χ2n) is 4.61. The molecule has 0 unspecified atom stereocenters. The first-order valence-electron chi connectivity index (χ1n) is 6.55. The average Bonchev–Trinajstić information content (AvgIpc) is 2.54. The highest BCUT2D eigenvalue weighted by Crippen LogP contribution is 2.21. The lowest BCUT2D eigenvalue weighted by Crippen LogP contribution is -2.14. The van der Waals surface area contributed by atoms with Crippen LogP contribution in [0.2, 0.25) is 0 Å². The highest BCUT2D eigenvalue weighted by Gasteiger charge is 2.15. The van der Waals surface area contributed by atoms with E-state index in [1.165, 1.54) is 18.5 Å². The number of aromatic nitrogens is 2. The molecule has 0 bridgehead atoms. The molecule has 2 heterocycles. The normalized spacial score (nSPS) is 11.3. The number of hydrogen-bond acceptors (Lipinski definition) is 4. The molecule has 0 fully saturated rings. The van der Waals surface area contributed by atoms with Crippen molar-refractivity contribution in [1.29, 1.82) is 0 Å². The van der Waals surface area contributed by atoms with E-state index in [-0.39, 0.29) is 10.7 Å². The zero-order chi connectivity index (χ0) is 15.6. The summed E-state index contributed by atoms with van der Waals surface area (Å²) >= 11 is 0. The molecule has 0 aliphatic carbocycles. The Kier molecular flexibility index (Phi) is 3.60. The molecule has 0 saturated carbocycles. The first-order chi connectivity index (χ1) is 10.6. The molecule has 5 nitrogen and oxygen atoms in total. The quantitative estimate of drug-likeness (QED) is 0.803. The maximum atomic E-state index is 12.3. The summed E-state index contributed by atoms with van der Waals surface area (Å²) in [4.78, 5) is 8.24. The largest absolute Gasteiger partial charge is 0.264 e. The molecule has 0 atom stereocenters. The number of hydrogen-bond donors (Lipinski definition) is 1. The van der Waals surface area contributed by atoms with Gasteiger partial charge >= 0.3 is 0 Å². The van der Waals surface area contributed by atoms with Gasteiger partial charge in [-0.1, -0.05) is 24.8 Å². The minimum absolute atomic E-state index is 0.0942. The average molecular weight is 311 g/mol. The van der Waals surface area contributed by atoms with Gasteiger partial charge in [0.25, 0.3) is 10.0 Å². The van der Waals surface area contributed by atoms with Crippen LogP contribution in [-0.4, -0.2) is 18.4 Å². The van der Waals surface area contributed by atoms with Gasteiger partial charge in [-0.15, -0.1) is 0 Å². The van der Waals surface area contributed by atoms with E-state index in [1.807, 2.05) is 24.3 Å². The Labute approximate surface area is 128 Å². The fourth-order valence-corrected chi connectivity index (χ4v) is 3.08. The molecule has 2 aromatic heterocycles. The Morgan fingerprint density at radius 3 is 2.68 bits per heavy atom. The van der Waals surface area contributed by atoms with Crippen LogP contribution in [0.5, 0.6) is 0 Å². The number of benzene rings is 1. The van der Waals surface area contributed by atoms with E-state index in [9.17, 15) is 8.42 Å². The van der Waals surface area contributed by atoms with E-state index in [1.54, 1.807) is 18.2 Å². The number of pyridine rings is 2. The number of fused-ring (bicyclic) bond motifs is 1. The van der Waals surface area contributed by atoms with Crippen LogP contribution in [0.1, 0.15) is 5.56 Å². The van der Waals surface area contributed by atoms with Gasteiger partial charge in [0, 0.05) is 17.8 Å². The third-order valence-corrected chi connectivity index (χ3v) is 4.51. The van der Waals surface area contributed by atoms with Gasteiger partial charge in [0.15, 0.2) is 0 Å². The van der Waals surface area contributed by atoms with E-state index in [0.717, 1.165) is 10.9 Å². The molecule has 1 aromatic carbocycles. The minimum Gasteiger partial charge on any atom is -0.263 e. The number of nitrogens with one attached hydrogen (secondary N) is 1. The summed E-state index contributed by atoms with van der Waals surface area (Å²) < 4.78 is 27.0. The van der Waals surface area contributed by atoms with Crippen LogP contribution in [0.3, 0.4) is 0 Å². The molecule has 0 amide bonds. The maximum absolute atomic E-state index is 12.3. The molecule has 0 saturated heterocycles. The second kappa shape index (κ2) is 5.57. The van der Waals surface area contributed by atoms with Crippen molar-refractivity contribution in [1.82, 2.24) is 9.97 Å². The Morgan fingerprint density at radius 2 is 1.95 bits per heavy atom. The Bertz CT molecular complexity index is 938. The molecule has 3 aromatic rings. The van der Waals surface area contributed by atoms with Gasteiger partial charge in [-0.3, -0.25) is 9.71 Å². The van der Waals surface area contributed by atoms with E-state index >= 15 is 0 Å². The summed E-state index contributed by atoms with van der Waals surface area (Å²) in [6.45, 7) is 3.76. The molecule has 6 heteroatoms. The van der Waals surface area contributed by atoms with Crippen molar-refractivity contribution in [2.45, 2.75) is 4.90 Å². The van der Waals surface area contributed by atoms with Crippen molar-refractivity contribution in [3.63, 3.8) is 0 Å². The van der Waals surface area contributed by atoms with Crippen molar-refractivity contribution in [2.75, 3.05) is 4.72 Å². The fraction of sp³-hybridized carbons (Fsp3) is 0. The first-order valence-corrected chi connectivity index (χ1v) is 8.03. The van der Waals surface area contributed by atoms with Crippen LogP contribution < -0.4 is 4.72 Å². The Balaban J connectivity index is 2.00. The predicted octanol–water partition coefficient (Wildman–Crippen LogP) is 3.07. The van der Waals surface area contributed by atoms with Gasteiger partial charge in [0.1, 0.15) is 10.7 Å². The SMILES string of the molecule is C=Cc1cccc2nc(NS(=O)(=O)c3cccnc3)ccc12. The van der Waals surface area contributed by atoms with Gasteiger partial charge in [-0.2, -0.15) is 0 Å².